The monoisotopic (exact) mass is 609 g/mol. The number of likely N-dealkylation sites (tertiary alicyclic amines) is 1. The number of halogens is 1. The Morgan fingerprint density at radius 2 is 1.91 bits per heavy atom. The molecule has 12 nitrogen and oxygen atoms in total. The van der Waals surface area contributed by atoms with Crippen molar-refractivity contribution in [3.8, 4) is 17.2 Å². The molecule has 2 aliphatic rings. The summed E-state index contributed by atoms with van der Waals surface area (Å²) in [4.78, 5) is 33.0. The number of benzene rings is 2. The van der Waals surface area contributed by atoms with Crippen LogP contribution in [-0.4, -0.2) is 65.5 Å². The van der Waals surface area contributed by atoms with E-state index in [4.69, 9.17) is 9.47 Å². The topological polar surface area (TPSA) is 157 Å². The second kappa shape index (κ2) is 11.3. The highest BCUT2D eigenvalue weighted by molar-refractivity contribution is 7.90. The molecule has 1 amide bonds. The Bertz CT molecular complexity index is 1800. The predicted octanol–water partition coefficient (Wildman–Crippen LogP) is 4.73. The molecule has 1 aliphatic heterocycles. The van der Waals surface area contributed by atoms with Crippen molar-refractivity contribution in [2.75, 3.05) is 19.7 Å². The van der Waals surface area contributed by atoms with Gasteiger partial charge in [-0.2, -0.15) is 0 Å². The highest BCUT2D eigenvalue weighted by Gasteiger charge is 2.40. The van der Waals surface area contributed by atoms with Gasteiger partial charge in [-0.25, -0.2) is 22.5 Å². The Hall–Kier alpha value is -4.56. The number of amides is 1. The molecule has 1 aliphatic carbocycles. The molecule has 2 fully saturated rings. The first kappa shape index (κ1) is 28.6. The first-order chi connectivity index (χ1) is 20.6. The van der Waals surface area contributed by atoms with Crippen LogP contribution in [0.25, 0.3) is 11.0 Å². The Morgan fingerprint density at radius 1 is 1.14 bits per heavy atom. The van der Waals surface area contributed by atoms with Crippen molar-refractivity contribution in [2.24, 2.45) is 0 Å². The zero-order valence-electron chi connectivity index (χ0n) is 22.9. The van der Waals surface area contributed by atoms with Gasteiger partial charge in [-0.05, 0) is 62.1 Å². The Balaban J connectivity index is 1.16. The number of H-pyrrole nitrogens is 1. The van der Waals surface area contributed by atoms with Gasteiger partial charge in [-0.3, -0.25) is 14.9 Å². The number of rotatable bonds is 10. The fourth-order valence-electron chi connectivity index (χ4n) is 5.09. The van der Waals surface area contributed by atoms with Gasteiger partial charge < -0.3 is 19.4 Å². The molecule has 3 heterocycles. The van der Waals surface area contributed by atoms with E-state index in [1.54, 1.807) is 24.4 Å². The molecule has 1 saturated carbocycles. The minimum absolute atomic E-state index is 0.0738. The molecule has 0 atom stereocenters. The van der Waals surface area contributed by atoms with Crippen molar-refractivity contribution in [3.05, 3.63) is 82.7 Å². The van der Waals surface area contributed by atoms with Gasteiger partial charge in [0.15, 0.2) is 5.75 Å². The number of nitro groups is 1. The van der Waals surface area contributed by atoms with E-state index in [0.29, 0.717) is 30.5 Å². The second-order valence-corrected chi connectivity index (χ2v) is 12.4. The fraction of sp³-hybridized carbons (Fsp3) is 0.310. The number of aromatic amines is 1. The van der Waals surface area contributed by atoms with Crippen molar-refractivity contribution in [2.45, 2.75) is 42.3 Å². The van der Waals surface area contributed by atoms with Crippen LogP contribution < -0.4 is 14.2 Å². The lowest BCUT2D eigenvalue weighted by molar-refractivity contribution is -0.386. The summed E-state index contributed by atoms with van der Waals surface area (Å²) in [5.74, 6) is -0.871. The molecule has 14 heteroatoms. The minimum atomic E-state index is -4.56. The summed E-state index contributed by atoms with van der Waals surface area (Å²) in [6, 6.07) is 13.0. The van der Waals surface area contributed by atoms with E-state index in [1.807, 2.05) is 4.72 Å². The van der Waals surface area contributed by atoms with Gasteiger partial charge >= 0.3 is 5.69 Å². The number of carbonyl (C=O) groups excluding carboxylic acids is 1. The number of nitrogens with one attached hydrogen (secondary N) is 2. The van der Waals surface area contributed by atoms with Crippen LogP contribution in [0.3, 0.4) is 0 Å². The van der Waals surface area contributed by atoms with Gasteiger partial charge in [-0.1, -0.05) is 12.1 Å². The van der Waals surface area contributed by atoms with Gasteiger partial charge in [0.25, 0.3) is 15.9 Å². The summed E-state index contributed by atoms with van der Waals surface area (Å²) >= 11 is 0. The third-order valence-corrected chi connectivity index (χ3v) is 8.97. The third kappa shape index (κ3) is 6.29. The zero-order valence-corrected chi connectivity index (χ0v) is 23.7. The molecule has 4 aromatic rings. The normalized spacial score (nSPS) is 17.0. The van der Waals surface area contributed by atoms with Crippen LogP contribution in [0.4, 0.5) is 10.1 Å². The highest BCUT2D eigenvalue weighted by Crippen LogP contribution is 2.36. The van der Waals surface area contributed by atoms with E-state index < -0.39 is 43.7 Å². The third-order valence-electron chi connectivity index (χ3n) is 7.64. The summed E-state index contributed by atoms with van der Waals surface area (Å²) in [6.45, 7) is 0.798. The average Bonchev–Trinajstić information content (AvgIpc) is 3.73. The summed E-state index contributed by atoms with van der Waals surface area (Å²) in [7, 11) is -4.56. The Labute approximate surface area is 246 Å². The molecular formula is C29H28FN5O7S. The number of fused-ring (bicyclic) bond motifs is 1. The molecule has 2 N–H and O–H groups in total. The van der Waals surface area contributed by atoms with Crippen LogP contribution in [-0.2, 0) is 10.0 Å². The number of pyridine rings is 1. The van der Waals surface area contributed by atoms with Crippen molar-refractivity contribution in [1.29, 1.82) is 0 Å². The number of para-hydroxylation sites is 1. The summed E-state index contributed by atoms with van der Waals surface area (Å²) in [5, 5.41) is 12.6. The van der Waals surface area contributed by atoms with E-state index in [1.165, 1.54) is 24.4 Å². The number of carbonyl (C=O) groups is 1. The van der Waals surface area contributed by atoms with Gasteiger partial charge in [0.2, 0.25) is 0 Å². The molecular weight excluding hydrogens is 581 g/mol. The lowest BCUT2D eigenvalue weighted by atomic mass is 9.94. The molecule has 0 bridgehead atoms. The van der Waals surface area contributed by atoms with Crippen LogP contribution in [0.2, 0.25) is 0 Å². The molecule has 1 saturated heterocycles. The van der Waals surface area contributed by atoms with E-state index >= 15 is 4.39 Å². The number of hydrogen-bond donors (Lipinski definition) is 2. The van der Waals surface area contributed by atoms with Crippen LogP contribution in [0.5, 0.6) is 17.2 Å². The van der Waals surface area contributed by atoms with Crippen molar-refractivity contribution >= 4 is 32.7 Å². The SMILES string of the molecule is O=C(NS(=O)(=O)c1ccc(OCC2(F)CCN(C3CC3)CC2)c([N+](=O)[O-])c1)c1ccccc1Oc1cnc2[nH]ccc2c1. The van der Waals surface area contributed by atoms with Crippen molar-refractivity contribution in [1.82, 2.24) is 19.6 Å². The molecule has 0 unspecified atom stereocenters. The number of piperidine rings is 1. The zero-order chi connectivity index (χ0) is 30.2. The van der Waals surface area contributed by atoms with E-state index in [0.717, 1.165) is 36.4 Å². The number of nitrogens with zero attached hydrogens (tertiary/aromatic N) is 3. The maximum Gasteiger partial charge on any atom is 0.312 e. The molecule has 0 spiro atoms. The van der Waals surface area contributed by atoms with Crippen molar-refractivity contribution in [3.63, 3.8) is 0 Å². The largest absolute Gasteiger partial charge is 0.483 e. The van der Waals surface area contributed by atoms with E-state index in [2.05, 4.69) is 14.9 Å². The van der Waals surface area contributed by atoms with Crippen LogP contribution in [0.15, 0.2) is 71.9 Å². The van der Waals surface area contributed by atoms with Crippen LogP contribution in [0.1, 0.15) is 36.0 Å². The van der Waals surface area contributed by atoms with Gasteiger partial charge in [0.1, 0.15) is 29.4 Å². The second-order valence-electron chi connectivity index (χ2n) is 10.7. The van der Waals surface area contributed by atoms with Gasteiger partial charge in [0, 0.05) is 36.8 Å². The lowest BCUT2D eigenvalue weighted by Gasteiger charge is -2.36. The standard InChI is InChI=1S/C29H28FN5O7S/c30-29(10-13-34(14-11-29)20-5-6-20)18-41-26-8-7-22(16-24(26)35(37)38)43(39,40)33-28(36)23-3-1-2-4-25(23)42-21-15-19-9-12-31-27(19)32-17-21/h1-4,7-9,12,15-17,20H,5-6,10-11,13-14,18H2,(H,31,32)(H,33,36). The number of nitro benzene ring substituents is 1. The predicted molar refractivity (Wildman–Crippen MR) is 154 cm³/mol. The van der Waals surface area contributed by atoms with Crippen LogP contribution in [0, 0.1) is 10.1 Å². The molecule has 0 radical (unpaired) electrons. The Morgan fingerprint density at radius 3 is 2.65 bits per heavy atom. The van der Waals surface area contributed by atoms with Crippen LogP contribution >= 0.6 is 0 Å². The molecule has 43 heavy (non-hydrogen) atoms. The molecule has 2 aromatic heterocycles. The summed E-state index contributed by atoms with van der Waals surface area (Å²) < 4.78 is 54.9. The number of hydrogen-bond acceptors (Lipinski definition) is 9. The van der Waals surface area contributed by atoms with Crippen molar-refractivity contribution < 1.29 is 32.0 Å². The first-order valence-electron chi connectivity index (χ1n) is 13.7. The number of aromatic nitrogens is 2. The lowest BCUT2D eigenvalue weighted by Crippen LogP contribution is -2.45. The number of alkyl halides is 1. The quantitative estimate of drug-likeness (QED) is 0.192. The molecule has 6 rings (SSSR count). The minimum Gasteiger partial charge on any atom is -0.483 e. The summed E-state index contributed by atoms with van der Waals surface area (Å²) in [5.41, 5.74) is -1.74. The maximum atomic E-state index is 15.4. The smallest absolute Gasteiger partial charge is 0.312 e. The fourth-order valence-corrected chi connectivity index (χ4v) is 6.08. The average molecular weight is 610 g/mol. The molecule has 224 valence electrons. The molecule has 2 aromatic carbocycles. The number of ether oxygens (including phenoxy) is 2. The number of sulfonamides is 1. The Kier molecular flexibility index (Phi) is 7.48. The van der Waals surface area contributed by atoms with Gasteiger partial charge in [0.05, 0.1) is 21.6 Å². The van der Waals surface area contributed by atoms with E-state index in [-0.39, 0.29) is 29.9 Å². The highest BCUT2D eigenvalue weighted by atomic mass is 32.2. The maximum absolute atomic E-state index is 15.4. The van der Waals surface area contributed by atoms with E-state index in [9.17, 15) is 23.3 Å². The van der Waals surface area contributed by atoms with Gasteiger partial charge in [-0.15, -0.1) is 0 Å². The first-order valence-corrected chi connectivity index (χ1v) is 15.2. The summed E-state index contributed by atoms with van der Waals surface area (Å²) in [6.07, 6.45) is 5.92.